The fourth-order valence-electron chi connectivity index (χ4n) is 2.51. The summed E-state index contributed by atoms with van der Waals surface area (Å²) in [5.41, 5.74) is 1.51. The van der Waals surface area contributed by atoms with Crippen molar-refractivity contribution in [1.29, 1.82) is 0 Å². The minimum absolute atomic E-state index is 0.130. The SMILES string of the molecule is CN(C)C1OCCC1(C)c1ccccc1. The van der Waals surface area contributed by atoms with Crippen LogP contribution in [0.15, 0.2) is 30.3 Å². The summed E-state index contributed by atoms with van der Waals surface area (Å²) in [5, 5.41) is 0. The maximum atomic E-state index is 5.81. The second-order valence-electron chi connectivity index (χ2n) is 4.72. The van der Waals surface area contributed by atoms with E-state index in [1.165, 1.54) is 5.56 Å². The van der Waals surface area contributed by atoms with Crippen LogP contribution < -0.4 is 0 Å². The Balaban J connectivity index is 2.33. The van der Waals surface area contributed by atoms with Gasteiger partial charge in [-0.15, -0.1) is 0 Å². The van der Waals surface area contributed by atoms with Gasteiger partial charge in [0.15, 0.2) is 0 Å². The van der Waals surface area contributed by atoms with Gasteiger partial charge in [0.2, 0.25) is 0 Å². The molecule has 1 aliphatic rings. The van der Waals surface area contributed by atoms with Gasteiger partial charge in [0.25, 0.3) is 0 Å². The van der Waals surface area contributed by atoms with Gasteiger partial charge < -0.3 is 4.74 Å². The van der Waals surface area contributed by atoms with E-state index in [2.05, 4.69) is 56.3 Å². The molecule has 0 spiro atoms. The zero-order chi connectivity index (χ0) is 10.9. The molecule has 82 valence electrons. The molecule has 2 heteroatoms. The molecule has 0 saturated carbocycles. The Morgan fingerprint density at radius 2 is 1.93 bits per heavy atom. The number of benzene rings is 1. The summed E-state index contributed by atoms with van der Waals surface area (Å²) in [4.78, 5) is 2.17. The number of ether oxygens (including phenoxy) is 1. The second-order valence-corrected chi connectivity index (χ2v) is 4.72. The van der Waals surface area contributed by atoms with Crippen LogP contribution in [0.2, 0.25) is 0 Å². The zero-order valence-corrected chi connectivity index (χ0v) is 9.73. The first-order chi connectivity index (χ1) is 7.14. The highest BCUT2D eigenvalue weighted by atomic mass is 16.5. The van der Waals surface area contributed by atoms with Gasteiger partial charge >= 0.3 is 0 Å². The molecule has 1 saturated heterocycles. The Bertz CT molecular complexity index is 323. The smallest absolute Gasteiger partial charge is 0.119 e. The fraction of sp³-hybridized carbons (Fsp3) is 0.538. The van der Waals surface area contributed by atoms with Gasteiger partial charge in [-0.1, -0.05) is 37.3 Å². The van der Waals surface area contributed by atoms with Gasteiger partial charge in [0.05, 0.1) is 0 Å². The van der Waals surface area contributed by atoms with Crippen LogP contribution in [-0.4, -0.2) is 31.8 Å². The van der Waals surface area contributed by atoms with Crippen LogP contribution in [0.4, 0.5) is 0 Å². The maximum Gasteiger partial charge on any atom is 0.119 e. The average Bonchev–Trinajstić information content (AvgIpc) is 2.63. The number of rotatable bonds is 2. The van der Waals surface area contributed by atoms with Gasteiger partial charge in [0, 0.05) is 12.0 Å². The molecule has 1 aromatic carbocycles. The normalized spacial score (nSPS) is 31.1. The minimum Gasteiger partial charge on any atom is -0.362 e. The van der Waals surface area contributed by atoms with E-state index in [9.17, 15) is 0 Å². The van der Waals surface area contributed by atoms with E-state index in [1.54, 1.807) is 0 Å². The Hall–Kier alpha value is -0.860. The van der Waals surface area contributed by atoms with E-state index in [0.29, 0.717) is 0 Å². The number of nitrogens with zero attached hydrogens (tertiary/aromatic N) is 1. The predicted molar refractivity (Wildman–Crippen MR) is 61.8 cm³/mol. The van der Waals surface area contributed by atoms with Gasteiger partial charge in [-0.25, -0.2) is 0 Å². The highest BCUT2D eigenvalue weighted by Crippen LogP contribution is 2.38. The first kappa shape index (κ1) is 10.7. The van der Waals surface area contributed by atoms with E-state index in [1.807, 2.05) is 0 Å². The lowest BCUT2D eigenvalue weighted by atomic mass is 9.79. The largest absolute Gasteiger partial charge is 0.362 e. The number of hydrogen-bond acceptors (Lipinski definition) is 2. The first-order valence-electron chi connectivity index (χ1n) is 5.48. The summed E-state index contributed by atoms with van der Waals surface area (Å²) in [6.45, 7) is 3.15. The predicted octanol–water partition coefficient (Wildman–Crippen LogP) is 2.25. The quantitative estimate of drug-likeness (QED) is 0.734. The Morgan fingerprint density at radius 1 is 1.27 bits per heavy atom. The molecule has 0 aromatic heterocycles. The van der Waals surface area contributed by atoms with Crippen LogP contribution in [0.1, 0.15) is 18.9 Å². The number of hydrogen-bond donors (Lipinski definition) is 0. The van der Waals surface area contributed by atoms with Crippen molar-refractivity contribution in [3.63, 3.8) is 0 Å². The Morgan fingerprint density at radius 3 is 2.53 bits per heavy atom. The molecule has 0 amide bonds. The van der Waals surface area contributed by atoms with Crippen LogP contribution >= 0.6 is 0 Å². The molecule has 2 atom stereocenters. The molecule has 0 radical (unpaired) electrons. The molecule has 1 aromatic rings. The molecule has 2 nitrogen and oxygen atoms in total. The van der Waals surface area contributed by atoms with Crippen molar-refractivity contribution < 1.29 is 4.74 Å². The molecular weight excluding hydrogens is 186 g/mol. The molecule has 2 unspecified atom stereocenters. The van der Waals surface area contributed by atoms with Crippen LogP contribution in [0, 0.1) is 0 Å². The van der Waals surface area contributed by atoms with Gasteiger partial charge in [-0.3, -0.25) is 4.90 Å². The first-order valence-corrected chi connectivity index (χ1v) is 5.48. The van der Waals surface area contributed by atoms with Crippen molar-refractivity contribution in [3.8, 4) is 0 Å². The van der Waals surface area contributed by atoms with Crippen LogP contribution in [0.5, 0.6) is 0 Å². The van der Waals surface area contributed by atoms with E-state index >= 15 is 0 Å². The summed E-state index contributed by atoms with van der Waals surface area (Å²) < 4.78 is 5.81. The van der Waals surface area contributed by atoms with Gasteiger partial charge in [-0.05, 0) is 26.1 Å². The summed E-state index contributed by atoms with van der Waals surface area (Å²) in [6, 6.07) is 10.7. The van der Waals surface area contributed by atoms with E-state index in [0.717, 1.165) is 13.0 Å². The molecular formula is C13H19NO. The Kier molecular flexibility index (Phi) is 2.81. The van der Waals surface area contributed by atoms with Crippen molar-refractivity contribution in [3.05, 3.63) is 35.9 Å². The molecule has 1 fully saturated rings. The lowest BCUT2D eigenvalue weighted by Crippen LogP contribution is -2.42. The third-order valence-corrected chi connectivity index (χ3v) is 3.34. The monoisotopic (exact) mass is 205 g/mol. The van der Waals surface area contributed by atoms with Crippen LogP contribution in [-0.2, 0) is 10.2 Å². The summed E-state index contributed by atoms with van der Waals surface area (Å²) >= 11 is 0. The summed E-state index contributed by atoms with van der Waals surface area (Å²) in [5.74, 6) is 0. The molecule has 15 heavy (non-hydrogen) atoms. The Labute approximate surface area is 91.9 Å². The minimum atomic E-state index is 0.130. The van der Waals surface area contributed by atoms with Crippen molar-refractivity contribution in [1.82, 2.24) is 4.90 Å². The summed E-state index contributed by atoms with van der Waals surface area (Å²) in [7, 11) is 4.16. The van der Waals surface area contributed by atoms with Crippen molar-refractivity contribution in [2.24, 2.45) is 0 Å². The standard InChI is InChI=1S/C13H19NO/c1-13(11-7-5-4-6-8-11)9-10-15-12(13)14(2)3/h4-8,12H,9-10H2,1-3H3. The van der Waals surface area contributed by atoms with Crippen molar-refractivity contribution in [2.45, 2.75) is 25.0 Å². The third kappa shape index (κ3) is 1.80. The highest BCUT2D eigenvalue weighted by molar-refractivity contribution is 5.27. The third-order valence-electron chi connectivity index (χ3n) is 3.34. The molecule has 0 aliphatic carbocycles. The van der Waals surface area contributed by atoms with E-state index < -0.39 is 0 Å². The van der Waals surface area contributed by atoms with Crippen molar-refractivity contribution in [2.75, 3.05) is 20.7 Å². The van der Waals surface area contributed by atoms with Crippen LogP contribution in [0.25, 0.3) is 0 Å². The highest BCUT2D eigenvalue weighted by Gasteiger charge is 2.42. The fourth-order valence-corrected chi connectivity index (χ4v) is 2.51. The molecule has 1 aliphatic heterocycles. The van der Waals surface area contributed by atoms with Crippen molar-refractivity contribution >= 4 is 0 Å². The topological polar surface area (TPSA) is 12.5 Å². The molecule has 0 bridgehead atoms. The van der Waals surface area contributed by atoms with E-state index in [4.69, 9.17) is 4.74 Å². The average molecular weight is 205 g/mol. The molecule has 2 rings (SSSR count). The lowest BCUT2D eigenvalue weighted by Gasteiger charge is -2.34. The lowest BCUT2D eigenvalue weighted by molar-refractivity contribution is -0.0203. The van der Waals surface area contributed by atoms with Gasteiger partial charge in [0.1, 0.15) is 6.23 Å². The zero-order valence-electron chi connectivity index (χ0n) is 9.73. The second kappa shape index (κ2) is 3.95. The molecule has 0 N–H and O–H groups in total. The van der Waals surface area contributed by atoms with Gasteiger partial charge in [-0.2, -0.15) is 0 Å². The number of likely N-dealkylation sites (N-methyl/N-ethyl adjacent to an activating group) is 1. The van der Waals surface area contributed by atoms with E-state index in [-0.39, 0.29) is 11.6 Å². The maximum absolute atomic E-state index is 5.81. The molecule has 1 heterocycles. The van der Waals surface area contributed by atoms with Crippen LogP contribution in [0.3, 0.4) is 0 Å². The summed E-state index contributed by atoms with van der Waals surface area (Å²) in [6.07, 6.45) is 1.29.